The third-order valence-electron chi connectivity index (χ3n) is 4.15. The van der Waals surface area contributed by atoms with Crippen molar-refractivity contribution in [2.24, 2.45) is 0 Å². The van der Waals surface area contributed by atoms with Gasteiger partial charge in [0.05, 0.1) is 12.3 Å². The second-order valence-corrected chi connectivity index (χ2v) is 5.61. The first-order valence-corrected chi connectivity index (χ1v) is 7.85. The van der Waals surface area contributed by atoms with Crippen LogP contribution in [0.4, 0.5) is 0 Å². The molecule has 1 aliphatic heterocycles. The zero-order valence-corrected chi connectivity index (χ0v) is 12.4. The first-order valence-electron chi connectivity index (χ1n) is 7.85. The molecule has 3 nitrogen and oxygen atoms in total. The third-order valence-corrected chi connectivity index (χ3v) is 4.15. The van der Waals surface area contributed by atoms with Crippen LogP contribution in [-0.2, 0) is 0 Å². The van der Waals surface area contributed by atoms with E-state index in [0.717, 1.165) is 12.2 Å². The summed E-state index contributed by atoms with van der Waals surface area (Å²) in [5.74, 6) is 1.08. The molecule has 0 bridgehead atoms. The van der Waals surface area contributed by atoms with Crippen molar-refractivity contribution in [1.82, 2.24) is 10.2 Å². The second kappa shape index (κ2) is 7.71. The minimum Gasteiger partial charge on any atom is -0.468 e. The molecule has 108 valence electrons. The van der Waals surface area contributed by atoms with Crippen LogP contribution < -0.4 is 5.32 Å². The molecule has 0 radical (unpaired) electrons. The van der Waals surface area contributed by atoms with Gasteiger partial charge in [0.1, 0.15) is 5.76 Å². The summed E-state index contributed by atoms with van der Waals surface area (Å²) in [6.07, 6.45) is 8.02. The fourth-order valence-electron chi connectivity index (χ4n) is 2.88. The predicted molar refractivity (Wildman–Crippen MR) is 79.2 cm³/mol. The maximum Gasteiger partial charge on any atom is 0.120 e. The van der Waals surface area contributed by atoms with Crippen molar-refractivity contribution < 1.29 is 4.42 Å². The molecular weight excluding hydrogens is 236 g/mol. The topological polar surface area (TPSA) is 28.4 Å². The van der Waals surface area contributed by atoms with E-state index in [1.807, 2.05) is 6.07 Å². The van der Waals surface area contributed by atoms with Gasteiger partial charge in [-0.05, 0) is 57.5 Å². The number of rotatable bonds is 7. The molecule has 0 aliphatic carbocycles. The van der Waals surface area contributed by atoms with Gasteiger partial charge in [-0.3, -0.25) is 0 Å². The molecule has 2 heterocycles. The number of furan rings is 1. The van der Waals surface area contributed by atoms with E-state index in [4.69, 9.17) is 4.42 Å². The Morgan fingerprint density at radius 1 is 1.37 bits per heavy atom. The minimum atomic E-state index is 0.377. The smallest absolute Gasteiger partial charge is 0.120 e. The third kappa shape index (κ3) is 4.36. The maximum absolute atomic E-state index is 5.53. The van der Waals surface area contributed by atoms with Crippen molar-refractivity contribution in [2.45, 2.75) is 58.0 Å². The van der Waals surface area contributed by atoms with E-state index in [9.17, 15) is 0 Å². The van der Waals surface area contributed by atoms with Gasteiger partial charge in [-0.25, -0.2) is 0 Å². The van der Waals surface area contributed by atoms with Gasteiger partial charge in [0.15, 0.2) is 0 Å². The van der Waals surface area contributed by atoms with Crippen LogP contribution in [0.1, 0.15) is 57.8 Å². The molecule has 0 amide bonds. The maximum atomic E-state index is 5.53. The molecule has 0 aromatic carbocycles. The molecule has 19 heavy (non-hydrogen) atoms. The van der Waals surface area contributed by atoms with Gasteiger partial charge in [0.2, 0.25) is 0 Å². The number of piperidine rings is 1. The summed E-state index contributed by atoms with van der Waals surface area (Å²) in [6.45, 7) is 8.25. The monoisotopic (exact) mass is 264 g/mol. The zero-order chi connectivity index (χ0) is 13.5. The van der Waals surface area contributed by atoms with Gasteiger partial charge in [0.25, 0.3) is 0 Å². The molecule has 1 aliphatic rings. The number of hydrogen-bond acceptors (Lipinski definition) is 3. The van der Waals surface area contributed by atoms with Crippen LogP contribution in [0.5, 0.6) is 0 Å². The Morgan fingerprint density at radius 3 is 2.74 bits per heavy atom. The zero-order valence-electron chi connectivity index (χ0n) is 12.4. The Balaban J connectivity index is 1.75. The summed E-state index contributed by atoms with van der Waals surface area (Å²) in [6, 6.07) is 5.08. The highest BCUT2D eigenvalue weighted by Crippen LogP contribution is 2.20. The second-order valence-electron chi connectivity index (χ2n) is 5.61. The standard InChI is InChI=1S/C16H28N2O/c1-3-5-10-18-11-8-14(9-12-18)17-15(4-2)16-7-6-13-19-16/h6-7,13-15,17H,3-5,8-12H2,1-2H3. The molecule has 1 unspecified atom stereocenters. The van der Waals surface area contributed by atoms with Crippen LogP contribution in [0.3, 0.4) is 0 Å². The molecule has 0 spiro atoms. The lowest BCUT2D eigenvalue weighted by Crippen LogP contribution is -2.43. The van der Waals surface area contributed by atoms with Gasteiger partial charge in [0, 0.05) is 6.04 Å². The molecule has 1 aromatic rings. The van der Waals surface area contributed by atoms with Gasteiger partial charge in [-0.2, -0.15) is 0 Å². The Morgan fingerprint density at radius 2 is 2.16 bits per heavy atom. The van der Waals surface area contributed by atoms with Crippen LogP contribution in [0.2, 0.25) is 0 Å². The molecule has 1 atom stereocenters. The summed E-state index contributed by atoms with van der Waals surface area (Å²) < 4.78 is 5.53. The quantitative estimate of drug-likeness (QED) is 0.816. The lowest BCUT2D eigenvalue weighted by molar-refractivity contribution is 0.185. The van der Waals surface area contributed by atoms with Gasteiger partial charge >= 0.3 is 0 Å². The minimum absolute atomic E-state index is 0.377. The fraction of sp³-hybridized carbons (Fsp3) is 0.750. The first-order chi connectivity index (χ1) is 9.33. The van der Waals surface area contributed by atoms with E-state index < -0.39 is 0 Å². The lowest BCUT2D eigenvalue weighted by atomic mass is 10.0. The van der Waals surface area contributed by atoms with Crippen molar-refractivity contribution in [3.8, 4) is 0 Å². The number of unbranched alkanes of at least 4 members (excludes halogenated alkanes) is 1. The number of nitrogens with zero attached hydrogens (tertiary/aromatic N) is 1. The van der Waals surface area contributed by atoms with E-state index in [1.165, 1.54) is 45.3 Å². The fourth-order valence-corrected chi connectivity index (χ4v) is 2.88. The highest BCUT2D eigenvalue weighted by molar-refractivity contribution is 5.04. The van der Waals surface area contributed by atoms with Crippen LogP contribution in [0, 0.1) is 0 Å². The average Bonchev–Trinajstić information content (AvgIpc) is 2.98. The lowest BCUT2D eigenvalue weighted by Gasteiger charge is -2.34. The summed E-state index contributed by atoms with van der Waals surface area (Å²) in [7, 11) is 0. The van der Waals surface area contributed by atoms with Crippen molar-refractivity contribution in [3.63, 3.8) is 0 Å². The van der Waals surface area contributed by atoms with Crippen molar-refractivity contribution in [2.75, 3.05) is 19.6 Å². The number of hydrogen-bond donors (Lipinski definition) is 1. The first kappa shape index (κ1) is 14.6. The van der Waals surface area contributed by atoms with Gasteiger partial charge < -0.3 is 14.6 Å². The van der Waals surface area contributed by atoms with Crippen molar-refractivity contribution >= 4 is 0 Å². The van der Waals surface area contributed by atoms with E-state index >= 15 is 0 Å². The average molecular weight is 264 g/mol. The largest absolute Gasteiger partial charge is 0.468 e. The van der Waals surface area contributed by atoms with E-state index in [2.05, 4.69) is 30.1 Å². The highest BCUT2D eigenvalue weighted by atomic mass is 16.3. The molecular formula is C16H28N2O. The SMILES string of the molecule is CCCCN1CCC(NC(CC)c2ccco2)CC1. The van der Waals surface area contributed by atoms with E-state index in [-0.39, 0.29) is 0 Å². The summed E-state index contributed by atoms with van der Waals surface area (Å²) in [5, 5.41) is 3.76. The summed E-state index contributed by atoms with van der Waals surface area (Å²) >= 11 is 0. The molecule has 1 N–H and O–H groups in total. The Labute approximate surface area is 117 Å². The molecule has 0 saturated carbocycles. The summed E-state index contributed by atoms with van der Waals surface area (Å²) in [5.41, 5.74) is 0. The van der Waals surface area contributed by atoms with Crippen LogP contribution in [0.25, 0.3) is 0 Å². The Hall–Kier alpha value is -0.800. The van der Waals surface area contributed by atoms with Crippen LogP contribution in [0.15, 0.2) is 22.8 Å². The molecule has 1 aromatic heterocycles. The van der Waals surface area contributed by atoms with Gasteiger partial charge in [-0.15, -0.1) is 0 Å². The molecule has 1 saturated heterocycles. The van der Waals surface area contributed by atoms with Gasteiger partial charge in [-0.1, -0.05) is 20.3 Å². The van der Waals surface area contributed by atoms with Crippen LogP contribution in [-0.4, -0.2) is 30.6 Å². The number of nitrogens with one attached hydrogen (secondary N) is 1. The Kier molecular flexibility index (Phi) is 5.93. The molecule has 3 heteroatoms. The molecule has 1 fully saturated rings. The van der Waals surface area contributed by atoms with Crippen molar-refractivity contribution in [1.29, 1.82) is 0 Å². The highest BCUT2D eigenvalue weighted by Gasteiger charge is 2.22. The number of likely N-dealkylation sites (tertiary alicyclic amines) is 1. The van der Waals surface area contributed by atoms with E-state index in [1.54, 1.807) is 6.26 Å². The normalized spacial score (nSPS) is 19.7. The summed E-state index contributed by atoms with van der Waals surface area (Å²) in [4.78, 5) is 2.61. The molecule has 2 rings (SSSR count). The van der Waals surface area contributed by atoms with E-state index in [0.29, 0.717) is 12.1 Å². The Bertz CT molecular complexity index is 329. The predicted octanol–water partition coefficient (Wildman–Crippen LogP) is 3.58. The van der Waals surface area contributed by atoms with Crippen molar-refractivity contribution in [3.05, 3.63) is 24.2 Å². The van der Waals surface area contributed by atoms with Crippen LogP contribution >= 0.6 is 0 Å².